The third-order valence-electron chi connectivity index (χ3n) is 2.47. The summed E-state index contributed by atoms with van der Waals surface area (Å²) in [6.07, 6.45) is 0.143. The lowest BCUT2D eigenvalue weighted by Crippen LogP contribution is -2.06. The molecule has 82 valence electrons. The molecule has 2 rings (SSSR count). The number of carboxylic acids is 1. The van der Waals surface area contributed by atoms with Crippen LogP contribution in [-0.4, -0.2) is 11.1 Å². The molecule has 1 atom stereocenters. The first-order valence-corrected chi connectivity index (χ1v) is 5.95. The lowest BCUT2D eigenvalue weighted by molar-refractivity contribution is -0.137. The summed E-state index contributed by atoms with van der Waals surface area (Å²) >= 11 is 1.60. The number of rotatable bonds is 4. The predicted octanol–water partition coefficient (Wildman–Crippen LogP) is 3.35. The quantitative estimate of drug-likeness (QED) is 0.877. The predicted molar refractivity (Wildman–Crippen MR) is 64.9 cm³/mol. The number of carboxylic acid groups (broad SMARTS) is 1. The molecular weight excluding hydrogens is 220 g/mol. The van der Waals surface area contributed by atoms with Gasteiger partial charge in [-0.1, -0.05) is 36.4 Å². The summed E-state index contributed by atoms with van der Waals surface area (Å²) in [5.74, 6) is -0.791. The third kappa shape index (κ3) is 2.49. The van der Waals surface area contributed by atoms with Gasteiger partial charge in [-0.05, 0) is 17.0 Å². The molecule has 0 spiro atoms. The molecule has 2 aromatic rings. The molecule has 1 unspecified atom stereocenters. The van der Waals surface area contributed by atoms with Crippen LogP contribution in [0.2, 0.25) is 0 Å². The fraction of sp³-hybridized carbons (Fsp3) is 0.154. The summed E-state index contributed by atoms with van der Waals surface area (Å²) in [5.41, 5.74) is 1.06. The monoisotopic (exact) mass is 232 g/mol. The highest BCUT2D eigenvalue weighted by molar-refractivity contribution is 7.10. The molecule has 0 amide bonds. The highest BCUT2D eigenvalue weighted by Crippen LogP contribution is 2.30. The van der Waals surface area contributed by atoms with Crippen molar-refractivity contribution in [1.29, 1.82) is 0 Å². The first-order chi connectivity index (χ1) is 7.77. The van der Waals surface area contributed by atoms with Gasteiger partial charge in [-0.25, -0.2) is 0 Å². The van der Waals surface area contributed by atoms with Gasteiger partial charge in [0.15, 0.2) is 0 Å². The number of benzene rings is 1. The average Bonchev–Trinajstić information content (AvgIpc) is 2.80. The summed E-state index contributed by atoms with van der Waals surface area (Å²) in [6.45, 7) is 0. The minimum atomic E-state index is -0.762. The van der Waals surface area contributed by atoms with E-state index in [4.69, 9.17) is 5.11 Å². The van der Waals surface area contributed by atoms with Gasteiger partial charge < -0.3 is 5.11 Å². The molecule has 0 radical (unpaired) electrons. The topological polar surface area (TPSA) is 37.3 Å². The molecule has 1 aromatic carbocycles. The smallest absolute Gasteiger partial charge is 0.304 e. The zero-order valence-corrected chi connectivity index (χ0v) is 9.48. The Balaban J connectivity index is 2.32. The van der Waals surface area contributed by atoms with Crippen LogP contribution in [0, 0.1) is 0 Å². The Labute approximate surface area is 98.2 Å². The van der Waals surface area contributed by atoms with Crippen LogP contribution in [0.3, 0.4) is 0 Å². The molecule has 1 N–H and O–H groups in total. The fourth-order valence-corrected chi connectivity index (χ4v) is 2.59. The molecule has 0 saturated carbocycles. The lowest BCUT2D eigenvalue weighted by Gasteiger charge is -2.13. The Hall–Kier alpha value is -1.61. The van der Waals surface area contributed by atoms with Crippen molar-refractivity contribution in [3.63, 3.8) is 0 Å². The van der Waals surface area contributed by atoms with E-state index in [0.29, 0.717) is 0 Å². The van der Waals surface area contributed by atoms with E-state index in [9.17, 15) is 4.79 Å². The van der Waals surface area contributed by atoms with Crippen molar-refractivity contribution in [3.05, 3.63) is 58.3 Å². The van der Waals surface area contributed by atoms with Gasteiger partial charge in [-0.15, -0.1) is 11.3 Å². The van der Waals surface area contributed by atoms with Crippen molar-refractivity contribution in [2.45, 2.75) is 12.3 Å². The van der Waals surface area contributed by atoms with E-state index in [1.165, 1.54) is 0 Å². The van der Waals surface area contributed by atoms with Gasteiger partial charge in [0.2, 0.25) is 0 Å². The van der Waals surface area contributed by atoms with Crippen LogP contribution in [0.5, 0.6) is 0 Å². The van der Waals surface area contributed by atoms with Crippen LogP contribution in [0.4, 0.5) is 0 Å². The van der Waals surface area contributed by atoms with Crippen LogP contribution in [0.1, 0.15) is 22.8 Å². The maximum atomic E-state index is 10.9. The number of thiophene rings is 1. The zero-order valence-electron chi connectivity index (χ0n) is 8.67. The van der Waals surface area contributed by atoms with Crippen molar-refractivity contribution in [2.75, 3.05) is 0 Å². The second kappa shape index (κ2) is 4.94. The Morgan fingerprint density at radius 3 is 2.50 bits per heavy atom. The largest absolute Gasteiger partial charge is 0.481 e. The van der Waals surface area contributed by atoms with E-state index >= 15 is 0 Å². The molecular formula is C13H12O2S. The van der Waals surface area contributed by atoms with E-state index in [1.54, 1.807) is 11.3 Å². The van der Waals surface area contributed by atoms with E-state index < -0.39 is 5.97 Å². The normalized spacial score (nSPS) is 12.2. The maximum Gasteiger partial charge on any atom is 0.304 e. The second-order valence-electron chi connectivity index (χ2n) is 3.58. The Morgan fingerprint density at radius 2 is 1.94 bits per heavy atom. The lowest BCUT2D eigenvalue weighted by atomic mass is 9.94. The Kier molecular flexibility index (Phi) is 3.37. The number of aliphatic carboxylic acids is 1. The first kappa shape index (κ1) is 10.9. The summed E-state index contributed by atoms with van der Waals surface area (Å²) in [5, 5.41) is 10.9. The summed E-state index contributed by atoms with van der Waals surface area (Å²) in [7, 11) is 0. The Morgan fingerprint density at radius 1 is 1.19 bits per heavy atom. The van der Waals surface area contributed by atoms with Gasteiger partial charge in [0.05, 0.1) is 6.42 Å². The minimum Gasteiger partial charge on any atom is -0.481 e. The van der Waals surface area contributed by atoms with Gasteiger partial charge in [-0.3, -0.25) is 4.79 Å². The highest BCUT2D eigenvalue weighted by atomic mass is 32.1. The van der Waals surface area contributed by atoms with Gasteiger partial charge in [0, 0.05) is 10.8 Å². The van der Waals surface area contributed by atoms with E-state index in [-0.39, 0.29) is 12.3 Å². The standard InChI is InChI=1S/C13H12O2S/c14-13(15)9-11(12-7-4-8-16-12)10-5-2-1-3-6-10/h1-8,11H,9H2,(H,14,15). The van der Waals surface area contributed by atoms with Crippen molar-refractivity contribution in [2.24, 2.45) is 0 Å². The van der Waals surface area contributed by atoms with Crippen LogP contribution in [-0.2, 0) is 4.79 Å². The number of hydrogen-bond acceptors (Lipinski definition) is 2. The average molecular weight is 232 g/mol. The van der Waals surface area contributed by atoms with Crippen LogP contribution >= 0.6 is 11.3 Å². The molecule has 2 nitrogen and oxygen atoms in total. The second-order valence-corrected chi connectivity index (χ2v) is 4.56. The SMILES string of the molecule is O=C(O)CC(c1ccccc1)c1cccs1. The van der Waals surface area contributed by atoms with E-state index in [0.717, 1.165) is 10.4 Å². The molecule has 0 aliphatic carbocycles. The summed E-state index contributed by atoms with van der Waals surface area (Å²) < 4.78 is 0. The number of carbonyl (C=O) groups is 1. The van der Waals surface area contributed by atoms with E-state index in [1.807, 2.05) is 47.8 Å². The molecule has 3 heteroatoms. The first-order valence-electron chi connectivity index (χ1n) is 5.07. The van der Waals surface area contributed by atoms with Crippen LogP contribution in [0.25, 0.3) is 0 Å². The minimum absolute atomic E-state index is 0.0290. The molecule has 1 aromatic heterocycles. The van der Waals surface area contributed by atoms with Gasteiger partial charge in [0.25, 0.3) is 0 Å². The maximum absolute atomic E-state index is 10.9. The van der Waals surface area contributed by atoms with Crippen molar-refractivity contribution >= 4 is 17.3 Å². The van der Waals surface area contributed by atoms with Gasteiger partial charge in [0.1, 0.15) is 0 Å². The third-order valence-corrected chi connectivity index (χ3v) is 3.45. The highest BCUT2D eigenvalue weighted by Gasteiger charge is 2.18. The Bertz CT molecular complexity index is 448. The fourth-order valence-electron chi connectivity index (χ4n) is 1.73. The van der Waals surface area contributed by atoms with E-state index in [2.05, 4.69) is 0 Å². The van der Waals surface area contributed by atoms with Crippen LogP contribution < -0.4 is 0 Å². The zero-order chi connectivity index (χ0) is 11.4. The van der Waals surface area contributed by atoms with Crippen molar-refractivity contribution < 1.29 is 9.90 Å². The molecule has 16 heavy (non-hydrogen) atoms. The van der Waals surface area contributed by atoms with Gasteiger partial charge >= 0.3 is 5.97 Å². The molecule has 0 fully saturated rings. The molecule has 0 saturated heterocycles. The summed E-state index contributed by atoms with van der Waals surface area (Å²) in [4.78, 5) is 12.0. The number of hydrogen-bond donors (Lipinski definition) is 1. The van der Waals surface area contributed by atoms with Crippen molar-refractivity contribution in [3.8, 4) is 0 Å². The molecule has 0 bridgehead atoms. The van der Waals surface area contributed by atoms with Gasteiger partial charge in [-0.2, -0.15) is 0 Å². The van der Waals surface area contributed by atoms with Crippen LogP contribution in [0.15, 0.2) is 47.8 Å². The van der Waals surface area contributed by atoms with Crippen molar-refractivity contribution in [1.82, 2.24) is 0 Å². The molecule has 0 aliphatic heterocycles. The summed E-state index contributed by atoms with van der Waals surface area (Å²) in [6, 6.07) is 13.7. The molecule has 1 heterocycles. The molecule has 0 aliphatic rings.